The molecule has 0 unspecified atom stereocenters. The molecule has 16 aromatic carbocycles. The highest BCUT2D eigenvalue weighted by molar-refractivity contribution is 8.00. The van der Waals surface area contributed by atoms with Crippen LogP contribution in [0.25, 0.3) is 55.6 Å². The summed E-state index contributed by atoms with van der Waals surface area (Å²) in [6, 6.07) is 141. The third kappa shape index (κ3) is 11.1. The van der Waals surface area contributed by atoms with E-state index in [1.54, 1.807) is 0 Å². The van der Waals surface area contributed by atoms with Crippen LogP contribution in [-0.4, -0.2) is 13.4 Å². The first-order chi connectivity index (χ1) is 53.2. The van der Waals surface area contributed by atoms with Crippen molar-refractivity contribution in [3.05, 3.63) is 388 Å². The summed E-state index contributed by atoms with van der Waals surface area (Å²) in [6.07, 6.45) is 0. The van der Waals surface area contributed by atoms with Gasteiger partial charge in [-0.05, 0) is 168 Å². The molecule has 510 valence electrons. The van der Waals surface area contributed by atoms with Crippen molar-refractivity contribution in [2.75, 3.05) is 19.6 Å². The van der Waals surface area contributed by atoms with Crippen LogP contribution in [0, 0.1) is 0 Å². The first-order valence-electron chi connectivity index (χ1n) is 37.4. The Hall–Kier alpha value is -13.0. The van der Waals surface area contributed by atoms with Gasteiger partial charge in [-0.25, -0.2) is 0 Å². The summed E-state index contributed by atoms with van der Waals surface area (Å²) in [5.74, 6) is 1.72. The molecule has 0 aromatic heterocycles. The molecule has 5 nitrogen and oxygen atoms in total. The van der Waals surface area contributed by atoms with Gasteiger partial charge >= 0.3 is 0 Å². The molecular weight excluding hydrogens is 1330 g/mol. The van der Waals surface area contributed by atoms with Crippen LogP contribution in [0.1, 0.15) is 26.3 Å². The highest BCUT2D eigenvalue weighted by Crippen LogP contribution is 2.53. The molecule has 4 aliphatic rings. The molecular formula is C100H72B2N4OS. The average Bonchev–Trinajstić information content (AvgIpc) is 0.687. The fourth-order valence-electron chi connectivity index (χ4n) is 17.1. The molecule has 0 bridgehead atoms. The zero-order valence-corrected chi connectivity index (χ0v) is 60.9. The number of nitrogens with zero attached hydrogens (tertiary/aromatic N) is 4. The molecule has 0 aliphatic carbocycles. The molecule has 20 rings (SSSR count). The fraction of sp³-hybridized carbons (Fsp3) is 0.0400. The van der Waals surface area contributed by atoms with E-state index in [9.17, 15) is 0 Å². The SMILES string of the molecule is CC(C)(C)c1ccc(-c2ccccc2N2c3cc4c(cc3B3c5ccccc5N(c5ccccc5)c5cc(N(c6ccc(-c7ccccc7)cc6)c6ccccc6-c6ccccc6)cc2c53)B2c3ccccc3Oc3cc(N(c5ccc(-c6ccccc6)cc5)c5ccccc5-c5ccccc5)cc(c32)S4)cc1. The highest BCUT2D eigenvalue weighted by atomic mass is 32.2. The minimum absolute atomic E-state index is 0.0346. The molecule has 8 heteroatoms. The van der Waals surface area contributed by atoms with Crippen molar-refractivity contribution in [1.82, 2.24) is 0 Å². The van der Waals surface area contributed by atoms with Crippen molar-refractivity contribution in [2.24, 2.45) is 0 Å². The monoisotopic (exact) mass is 1400 g/mol. The standard InChI is InChI=1S/C100H72B2N4OS/c1-100(2,3)74-55-49-73(50-56-74)82-41-21-26-46-89(82)106-91-66-96-86(102-84-43-23-28-48-94(84)107-95-63-79(64-97(108-96)99(95)102)104(77-59-53-70(54-60-77)68-31-11-5-12-32-68)88-45-25-20-40-81(88)72-35-15-7-16-36-72)65-85(91)101-83-42-22-27-47-90(83)105(75-37-17-8-18-38-75)92-61-78(62-93(106)98(92)101)103(76-57-51-69(52-58-76)67-29-9-4-10-30-67)87-44-24-19-39-80(87)71-33-13-6-14-34-71/h4-66H,1-3H3. The number of rotatable bonds is 13. The quantitative estimate of drug-likeness (QED) is 0.107. The largest absolute Gasteiger partial charge is 0.458 e. The van der Waals surface area contributed by atoms with Crippen molar-refractivity contribution >= 4 is 126 Å². The van der Waals surface area contributed by atoms with E-state index >= 15 is 0 Å². The van der Waals surface area contributed by atoms with Crippen LogP contribution in [0.5, 0.6) is 11.5 Å². The second-order valence-corrected chi connectivity index (χ2v) is 30.6. The number of hydrogen-bond acceptors (Lipinski definition) is 6. The van der Waals surface area contributed by atoms with Crippen LogP contribution in [-0.2, 0) is 5.41 Å². The van der Waals surface area contributed by atoms with Crippen LogP contribution >= 0.6 is 11.8 Å². The van der Waals surface area contributed by atoms with Gasteiger partial charge in [0.2, 0.25) is 0 Å². The Kier molecular flexibility index (Phi) is 15.9. The van der Waals surface area contributed by atoms with E-state index in [0.29, 0.717) is 0 Å². The van der Waals surface area contributed by atoms with Gasteiger partial charge in [0.15, 0.2) is 0 Å². The van der Waals surface area contributed by atoms with E-state index in [-0.39, 0.29) is 18.8 Å². The number of ether oxygens (including phenoxy) is 1. The lowest BCUT2D eigenvalue weighted by molar-refractivity contribution is 0.486. The number of hydrogen-bond donors (Lipinski definition) is 0. The third-order valence-corrected chi connectivity index (χ3v) is 23.2. The summed E-state index contributed by atoms with van der Waals surface area (Å²) in [6.45, 7) is 6.52. The van der Waals surface area contributed by atoms with Crippen LogP contribution in [0.3, 0.4) is 0 Å². The Bertz CT molecular complexity index is 6120. The topological polar surface area (TPSA) is 22.2 Å². The number of benzene rings is 16. The number of para-hydroxylation sites is 6. The molecule has 0 amide bonds. The van der Waals surface area contributed by atoms with Gasteiger partial charge in [0, 0.05) is 72.4 Å². The zero-order valence-electron chi connectivity index (χ0n) is 60.1. The van der Waals surface area contributed by atoms with E-state index < -0.39 is 0 Å². The maximum Gasteiger partial charge on any atom is 0.253 e. The van der Waals surface area contributed by atoms with E-state index in [0.717, 1.165) is 135 Å². The summed E-state index contributed by atoms with van der Waals surface area (Å²) in [4.78, 5) is 12.5. The van der Waals surface area contributed by atoms with E-state index in [1.165, 1.54) is 48.9 Å². The molecule has 16 aromatic rings. The summed E-state index contributed by atoms with van der Waals surface area (Å²) >= 11 is 1.86. The Labute approximate surface area is 637 Å². The first-order valence-corrected chi connectivity index (χ1v) is 38.2. The second-order valence-electron chi connectivity index (χ2n) is 29.5. The van der Waals surface area contributed by atoms with Crippen LogP contribution < -0.4 is 57.1 Å². The Morgan fingerprint density at radius 3 is 1.29 bits per heavy atom. The molecule has 0 atom stereocenters. The number of fused-ring (bicyclic) bond motifs is 8. The molecule has 0 N–H and O–H groups in total. The van der Waals surface area contributed by atoms with E-state index in [2.05, 4.69) is 423 Å². The molecule has 0 saturated heterocycles. The second kappa shape index (κ2) is 26.5. The van der Waals surface area contributed by atoms with Crippen molar-refractivity contribution in [2.45, 2.75) is 36.0 Å². The van der Waals surface area contributed by atoms with Gasteiger partial charge in [0.05, 0.1) is 28.4 Å². The average molecular weight is 1400 g/mol. The summed E-state index contributed by atoms with van der Waals surface area (Å²) < 4.78 is 7.37. The maximum atomic E-state index is 7.37. The zero-order chi connectivity index (χ0) is 72.0. The van der Waals surface area contributed by atoms with Gasteiger partial charge in [-0.3, -0.25) is 0 Å². The summed E-state index contributed by atoms with van der Waals surface area (Å²) in [7, 11) is 0. The van der Waals surface area contributed by atoms with E-state index in [1.807, 2.05) is 11.8 Å². The lowest BCUT2D eigenvalue weighted by Crippen LogP contribution is -2.64. The van der Waals surface area contributed by atoms with E-state index in [4.69, 9.17) is 4.74 Å². The predicted molar refractivity (Wildman–Crippen MR) is 457 cm³/mol. The van der Waals surface area contributed by atoms with Crippen molar-refractivity contribution in [3.8, 4) is 67.1 Å². The third-order valence-electron chi connectivity index (χ3n) is 22.1. The van der Waals surface area contributed by atoms with Gasteiger partial charge < -0.3 is 24.3 Å². The summed E-state index contributed by atoms with van der Waals surface area (Å²) in [5, 5.41) is 0. The smallest absolute Gasteiger partial charge is 0.253 e. The lowest BCUT2D eigenvalue weighted by atomic mass is 9.31. The van der Waals surface area contributed by atoms with Crippen LogP contribution in [0.15, 0.2) is 392 Å². The fourth-order valence-corrected chi connectivity index (χ4v) is 18.3. The first kappa shape index (κ1) is 64.6. The molecule has 0 fully saturated rings. The van der Waals surface area contributed by atoms with Crippen LogP contribution in [0.2, 0.25) is 0 Å². The molecule has 4 heterocycles. The minimum Gasteiger partial charge on any atom is -0.458 e. The Morgan fingerprint density at radius 1 is 0.278 bits per heavy atom. The lowest BCUT2D eigenvalue weighted by Gasteiger charge is -2.46. The maximum absolute atomic E-state index is 7.37. The van der Waals surface area contributed by atoms with Gasteiger partial charge in [-0.15, -0.1) is 0 Å². The van der Waals surface area contributed by atoms with Gasteiger partial charge in [0.1, 0.15) is 11.5 Å². The van der Waals surface area contributed by atoms with Crippen molar-refractivity contribution in [3.63, 3.8) is 0 Å². The summed E-state index contributed by atoms with van der Waals surface area (Å²) in [5.41, 5.74) is 32.9. The number of anilines is 12. The van der Waals surface area contributed by atoms with Gasteiger partial charge in [-0.2, -0.15) is 0 Å². The molecule has 0 radical (unpaired) electrons. The normalized spacial score (nSPS) is 12.7. The van der Waals surface area contributed by atoms with Crippen molar-refractivity contribution in [1.29, 1.82) is 0 Å². The van der Waals surface area contributed by atoms with Gasteiger partial charge in [-0.1, -0.05) is 323 Å². The molecule has 108 heavy (non-hydrogen) atoms. The molecule has 0 saturated carbocycles. The van der Waals surface area contributed by atoms with Crippen LogP contribution in [0.4, 0.5) is 68.2 Å². The van der Waals surface area contributed by atoms with Crippen molar-refractivity contribution < 1.29 is 4.74 Å². The highest BCUT2D eigenvalue weighted by Gasteiger charge is 2.48. The van der Waals surface area contributed by atoms with Gasteiger partial charge in [0.25, 0.3) is 13.4 Å². The molecule has 4 aliphatic heterocycles. The Morgan fingerprint density at radius 2 is 0.713 bits per heavy atom. The Balaban J connectivity index is 0.853. The predicted octanol–water partition coefficient (Wildman–Crippen LogP) is 23.4. The molecule has 0 spiro atoms. The minimum atomic E-state index is -0.208.